The third kappa shape index (κ3) is 2.57. The Morgan fingerprint density at radius 3 is 2.76 bits per heavy atom. The van der Waals surface area contributed by atoms with E-state index in [2.05, 4.69) is 21.2 Å². The lowest BCUT2D eigenvalue weighted by Gasteiger charge is -2.32. The minimum absolute atomic E-state index is 0.0567. The summed E-state index contributed by atoms with van der Waals surface area (Å²) in [5.74, 6) is 0.102. The first-order chi connectivity index (χ1) is 9.93. The number of amides is 2. The van der Waals surface area contributed by atoms with Crippen LogP contribution in [0.4, 0.5) is 5.69 Å². The molecule has 112 valence electrons. The van der Waals surface area contributed by atoms with Crippen LogP contribution in [-0.2, 0) is 9.59 Å². The molecule has 6 heteroatoms. The van der Waals surface area contributed by atoms with Gasteiger partial charge in [-0.1, -0.05) is 17.7 Å². The monoisotopic (exact) mass is 370 g/mol. The van der Waals surface area contributed by atoms with Gasteiger partial charge in [0.1, 0.15) is 5.54 Å². The fourth-order valence-corrected chi connectivity index (χ4v) is 3.52. The third-order valence-electron chi connectivity index (χ3n) is 4.27. The highest BCUT2D eigenvalue weighted by atomic mass is 79.9. The van der Waals surface area contributed by atoms with E-state index in [1.807, 2.05) is 19.1 Å². The van der Waals surface area contributed by atoms with Crippen LogP contribution in [0, 0.1) is 5.92 Å². The molecule has 1 N–H and O–H groups in total. The van der Waals surface area contributed by atoms with Gasteiger partial charge in [-0.2, -0.15) is 0 Å². The van der Waals surface area contributed by atoms with Crippen molar-refractivity contribution in [2.24, 2.45) is 5.92 Å². The number of carbonyl (C=O) groups is 2. The second-order valence-corrected chi connectivity index (χ2v) is 7.00. The number of hydrogen-bond donors (Lipinski definition) is 1. The van der Waals surface area contributed by atoms with Gasteiger partial charge in [-0.25, -0.2) is 0 Å². The third-order valence-corrected chi connectivity index (χ3v) is 5.64. The van der Waals surface area contributed by atoms with Crippen LogP contribution in [0.5, 0.6) is 0 Å². The molecule has 0 bridgehead atoms. The smallest absolute Gasteiger partial charge is 0.252 e. The summed E-state index contributed by atoms with van der Waals surface area (Å²) < 4.78 is 0.688. The van der Waals surface area contributed by atoms with E-state index in [1.165, 1.54) is 0 Å². The summed E-state index contributed by atoms with van der Waals surface area (Å²) in [5.41, 5.74) is -0.0918. The average molecular weight is 372 g/mol. The summed E-state index contributed by atoms with van der Waals surface area (Å²) in [4.78, 5) is 26.7. The molecule has 1 aliphatic heterocycles. The minimum Gasteiger partial charge on any atom is -0.342 e. The van der Waals surface area contributed by atoms with Crippen LogP contribution in [0.25, 0.3) is 0 Å². The molecule has 1 aromatic carbocycles. The quantitative estimate of drug-likeness (QED) is 0.868. The molecule has 1 heterocycles. The fourth-order valence-electron chi connectivity index (χ4n) is 2.87. The molecule has 1 atom stereocenters. The Balaban J connectivity index is 2.03. The Labute approximate surface area is 137 Å². The number of benzene rings is 1. The molecule has 1 saturated heterocycles. The topological polar surface area (TPSA) is 49.4 Å². The number of hydrogen-bond acceptors (Lipinski definition) is 2. The molecular formula is C15H16BrClN2O2. The molecule has 2 aliphatic rings. The fraction of sp³-hybridized carbons (Fsp3) is 0.467. The van der Waals surface area contributed by atoms with Gasteiger partial charge in [-0.05, 0) is 53.7 Å². The van der Waals surface area contributed by atoms with Crippen molar-refractivity contribution in [2.75, 3.05) is 11.4 Å². The van der Waals surface area contributed by atoms with Crippen molar-refractivity contribution in [3.05, 3.63) is 27.7 Å². The lowest BCUT2D eigenvalue weighted by atomic mass is 9.94. The first kappa shape index (κ1) is 14.9. The Bertz CT molecular complexity index is 618. The number of nitrogens with one attached hydrogen (secondary N) is 1. The van der Waals surface area contributed by atoms with E-state index >= 15 is 0 Å². The molecule has 1 aliphatic carbocycles. The summed E-state index contributed by atoms with van der Waals surface area (Å²) in [5, 5.41) is 3.48. The SMILES string of the molecule is CC1(C2CC2)NC(=O)CCN(c2cccc(Cl)c2Br)C1=O. The van der Waals surface area contributed by atoms with Crippen LogP contribution in [0.1, 0.15) is 26.2 Å². The second kappa shape index (κ2) is 5.29. The van der Waals surface area contributed by atoms with Gasteiger partial charge in [0.05, 0.1) is 15.2 Å². The summed E-state index contributed by atoms with van der Waals surface area (Å²) in [6.07, 6.45) is 2.26. The molecule has 1 aromatic rings. The van der Waals surface area contributed by atoms with Crippen molar-refractivity contribution in [1.29, 1.82) is 0 Å². The Kier molecular flexibility index (Phi) is 3.74. The van der Waals surface area contributed by atoms with E-state index in [1.54, 1.807) is 11.0 Å². The number of carbonyl (C=O) groups excluding carboxylic acids is 2. The van der Waals surface area contributed by atoms with E-state index in [4.69, 9.17) is 11.6 Å². The summed E-state index contributed by atoms with van der Waals surface area (Å²) in [6.45, 7) is 2.20. The summed E-state index contributed by atoms with van der Waals surface area (Å²) in [7, 11) is 0. The van der Waals surface area contributed by atoms with Crippen molar-refractivity contribution in [3.63, 3.8) is 0 Å². The highest BCUT2D eigenvalue weighted by molar-refractivity contribution is 9.10. The maximum atomic E-state index is 13.0. The van der Waals surface area contributed by atoms with E-state index < -0.39 is 5.54 Å². The first-order valence-electron chi connectivity index (χ1n) is 7.00. The van der Waals surface area contributed by atoms with Gasteiger partial charge in [0.15, 0.2) is 0 Å². The Morgan fingerprint density at radius 2 is 2.10 bits per heavy atom. The van der Waals surface area contributed by atoms with Gasteiger partial charge in [0.2, 0.25) is 5.91 Å². The molecule has 0 aromatic heterocycles. The molecule has 21 heavy (non-hydrogen) atoms. The zero-order valence-electron chi connectivity index (χ0n) is 11.7. The number of rotatable bonds is 2. The molecule has 4 nitrogen and oxygen atoms in total. The van der Waals surface area contributed by atoms with Crippen molar-refractivity contribution in [1.82, 2.24) is 5.32 Å². The standard InChI is InChI=1S/C15H16BrClN2O2/c1-15(9-5-6-9)14(21)19(8-7-12(20)18-15)11-4-2-3-10(17)13(11)16/h2-4,9H,5-8H2,1H3,(H,18,20). The molecule has 1 saturated carbocycles. The van der Waals surface area contributed by atoms with Crippen molar-refractivity contribution in [2.45, 2.75) is 31.7 Å². The van der Waals surface area contributed by atoms with E-state index in [0.717, 1.165) is 18.5 Å². The molecule has 2 amide bonds. The molecule has 2 fully saturated rings. The second-order valence-electron chi connectivity index (χ2n) is 5.80. The van der Waals surface area contributed by atoms with Crippen molar-refractivity contribution < 1.29 is 9.59 Å². The normalized spacial score (nSPS) is 26.5. The number of nitrogens with zero attached hydrogens (tertiary/aromatic N) is 1. The number of anilines is 1. The maximum Gasteiger partial charge on any atom is 0.252 e. The Morgan fingerprint density at radius 1 is 1.38 bits per heavy atom. The lowest BCUT2D eigenvalue weighted by Crippen LogP contribution is -2.57. The first-order valence-corrected chi connectivity index (χ1v) is 8.17. The zero-order valence-corrected chi connectivity index (χ0v) is 14.0. The van der Waals surface area contributed by atoms with Crippen molar-refractivity contribution >= 4 is 45.0 Å². The zero-order chi connectivity index (χ0) is 15.2. The Hall–Kier alpha value is -1.07. The number of halogens is 2. The van der Waals surface area contributed by atoms with Crippen LogP contribution < -0.4 is 10.2 Å². The van der Waals surface area contributed by atoms with E-state index in [9.17, 15) is 9.59 Å². The van der Waals surface area contributed by atoms with Crippen LogP contribution in [-0.4, -0.2) is 23.9 Å². The summed E-state index contributed by atoms with van der Waals surface area (Å²) >= 11 is 9.57. The van der Waals surface area contributed by atoms with Gasteiger partial charge in [-0.15, -0.1) is 0 Å². The van der Waals surface area contributed by atoms with E-state index in [0.29, 0.717) is 22.5 Å². The largest absolute Gasteiger partial charge is 0.342 e. The van der Waals surface area contributed by atoms with E-state index in [-0.39, 0.29) is 17.7 Å². The lowest BCUT2D eigenvalue weighted by molar-refractivity contribution is -0.130. The molecule has 0 radical (unpaired) electrons. The van der Waals surface area contributed by atoms with Crippen LogP contribution >= 0.6 is 27.5 Å². The molecule has 0 spiro atoms. The minimum atomic E-state index is -0.810. The predicted molar refractivity (Wildman–Crippen MR) is 85.4 cm³/mol. The van der Waals surface area contributed by atoms with Crippen LogP contribution in [0.2, 0.25) is 5.02 Å². The molecular weight excluding hydrogens is 356 g/mol. The van der Waals surface area contributed by atoms with Gasteiger partial charge in [0, 0.05) is 13.0 Å². The maximum absolute atomic E-state index is 13.0. The summed E-state index contributed by atoms with van der Waals surface area (Å²) in [6, 6.07) is 5.42. The molecule has 1 unspecified atom stereocenters. The highest BCUT2D eigenvalue weighted by Crippen LogP contribution is 2.43. The van der Waals surface area contributed by atoms with Crippen LogP contribution in [0.3, 0.4) is 0 Å². The molecule has 3 rings (SSSR count). The van der Waals surface area contributed by atoms with Gasteiger partial charge in [-0.3, -0.25) is 9.59 Å². The highest BCUT2D eigenvalue weighted by Gasteiger charge is 2.51. The van der Waals surface area contributed by atoms with Crippen molar-refractivity contribution in [3.8, 4) is 0 Å². The van der Waals surface area contributed by atoms with Gasteiger partial charge < -0.3 is 10.2 Å². The average Bonchev–Trinajstić information content (AvgIpc) is 3.27. The van der Waals surface area contributed by atoms with Gasteiger partial charge in [0.25, 0.3) is 5.91 Å². The predicted octanol–water partition coefficient (Wildman–Crippen LogP) is 3.12. The van der Waals surface area contributed by atoms with Crippen LogP contribution in [0.15, 0.2) is 22.7 Å². The van der Waals surface area contributed by atoms with Gasteiger partial charge >= 0.3 is 0 Å².